The number of hydrogen-bond acceptors (Lipinski definition) is 3. The van der Waals surface area contributed by atoms with Gasteiger partial charge in [-0.05, 0) is 20.3 Å². The van der Waals surface area contributed by atoms with Crippen LogP contribution in [0.15, 0.2) is 0 Å². The van der Waals surface area contributed by atoms with Crippen molar-refractivity contribution in [3.05, 3.63) is 0 Å². The van der Waals surface area contributed by atoms with E-state index in [0.717, 1.165) is 4.90 Å². The zero-order valence-corrected chi connectivity index (χ0v) is 9.69. The van der Waals surface area contributed by atoms with Gasteiger partial charge in [-0.2, -0.15) is 0 Å². The molecular formula is C10H16N2O4. The van der Waals surface area contributed by atoms with Crippen LogP contribution in [0.2, 0.25) is 0 Å². The quantitative estimate of drug-likeness (QED) is 0.712. The van der Waals surface area contributed by atoms with Gasteiger partial charge in [0.1, 0.15) is 5.54 Å². The van der Waals surface area contributed by atoms with E-state index in [1.807, 2.05) is 0 Å². The molecule has 3 amide bonds. The van der Waals surface area contributed by atoms with Crippen LogP contribution in [-0.2, 0) is 9.59 Å². The van der Waals surface area contributed by atoms with Gasteiger partial charge in [0.15, 0.2) is 0 Å². The largest absolute Gasteiger partial charge is 0.481 e. The molecule has 0 aromatic heterocycles. The standard InChI is InChI=1S/C10H16N2O4/c1-10(2)8(15)12(9(16)11(10)3)6-4-5-7(13)14/h4-6H2,1-3H3,(H,13,14). The van der Waals surface area contributed by atoms with Gasteiger partial charge in [-0.1, -0.05) is 0 Å². The highest BCUT2D eigenvalue weighted by molar-refractivity contribution is 6.06. The summed E-state index contributed by atoms with van der Waals surface area (Å²) in [6.07, 6.45) is 0.248. The molecule has 0 bridgehead atoms. The fourth-order valence-corrected chi connectivity index (χ4v) is 1.57. The number of aliphatic carboxylic acids is 1. The van der Waals surface area contributed by atoms with Crippen LogP contribution in [0.4, 0.5) is 4.79 Å². The monoisotopic (exact) mass is 228 g/mol. The lowest BCUT2D eigenvalue weighted by Crippen LogP contribution is -2.41. The third-order valence-corrected chi connectivity index (χ3v) is 2.90. The molecule has 0 aromatic carbocycles. The number of carboxylic acid groups (broad SMARTS) is 1. The van der Waals surface area contributed by atoms with Crippen LogP contribution in [0.1, 0.15) is 26.7 Å². The van der Waals surface area contributed by atoms with Crippen molar-refractivity contribution in [3.8, 4) is 0 Å². The molecule has 0 aromatic rings. The molecule has 90 valence electrons. The molecule has 16 heavy (non-hydrogen) atoms. The summed E-state index contributed by atoms with van der Waals surface area (Å²) < 4.78 is 0. The third-order valence-electron chi connectivity index (χ3n) is 2.90. The zero-order chi connectivity index (χ0) is 12.5. The maximum absolute atomic E-state index is 11.8. The first-order chi connectivity index (χ1) is 7.28. The average molecular weight is 228 g/mol. The SMILES string of the molecule is CN1C(=O)N(CCCC(=O)O)C(=O)C1(C)C. The molecule has 1 aliphatic rings. The van der Waals surface area contributed by atoms with Gasteiger partial charge in [0.2, 0.25) is 0 Å². The van der Waals surface area contributed by atoms with Crippen LogP contribution in [0.3, 0.4) is 0 Å². The number of hydrogen-bond donors (Lipinski definition) is 1. The van der Waals surface area contributed by atoms with Crippen molar-refractivity contribution in [2.24, 2.45) is 0 Å². The van der Waals surface area contributed by atoms with Gasteiger partial charge < -0.3 is 10.0 Å². The minimum Gasteiger partial charge on any atom is -0.481 e. The predicted octanol–water partition coefficient (Wildman–Crippen LogP) is 0.524. The van der Waals surface area contributed by atoms with Crippen molar-refractivity contribution in [2.45, 2.75) is 32.2 Å². The van der Waals surface area contributed by atoms with Crippen LogP contribution in [-0.4, -0.2) is 51.9 Å². The van der Waals surface area contributed by atoms with Crippen LogP contribution >= 0.6 is 0 Å². The molecule has 6 heteroatoms. The second kappa shape index (κ2) is 4.11. The number of carbonyl (C=O) groups excluding carboxylic acids is 2. The molecule has 6 nitrogen and oxygen atoms in total. The molecule has 0 unspecified atom stereocenters. The van der Waals surface area contributed by atoms with Crippen molar-refractivity contribution < 1.29 is 19.5 Å². The lowest BCUT2D eigenvalue weighted by molar-refractivity contribution is -0.138. The van der Waals surface area contributed by atoms with Crippen molar-refractivity contribution >= 4 is 17.9 Å². The molecule has 0 atom stereocenters. The van der Waals surface area contributed by atoms with Gasteiger partial charge in [-0.3, -0.25) is 14.5 Å². The Morgan fingerprint density at radius 1 is 1.38 bits per heavy atom. The molecule has 1 saturated heterocycles. The number of nitrogens with zero attached hydrogens (tertiary/aromatic N) is 2. The van der Waals surface area contributed by atoms with E-state index in [2.05, 4.69) is 0 Å². The lowest BCUT2D eigenvalue weighted by Gasteiger charge is -2.22. The highest BCUT2D eigenvalue weighted by atomic mass is 16.4. The molecule has 1 rings (SSSR count). The Morgan fingerprint density at radius 3 is 2.31 bits per heavy atom. The Morgan fingerprint density at radius 2 is 1.94 bits per heavy atom. The molecule has 0 saturated carbocycles. The molecule has 0 radical (unpaired) electrons. The Kier molecular flexibility index (Phi) is 3.21. The highest BCUT2D eigenvalue weighted by Crippen LogP contribution is 2.25. The van der Waals surface area contributed by atoms with E-state index in [9.17, 15) is 14.4 Å². The van der Waals surface area contributed by atoms with Crippen molar-refractivity contribution in [3.63, 3.8) is 0 Å². The number of carboxylic acids is 1. The van der Waals surface area contributed by atoms with Gasteiger partial charge in [0.05, 0.1) is 0 Å². The lowest BCUT2D eigenvalue weighted by atomic mass is 10.1. The number of urea groups is 1. The van der Waals surface area contributed by atoms with Crippen molar-refractivity contribution in [2.75, 3.05) is 13.6 Å². The zero-order valence-electron chi connectivity index (χ0n) is 9.69. The summed E-state index contributed by atoms with van der Waals surface area (Å²) in [7, 11) is 1.57. The second-order valence-corrected chi connectivity index (χ2v) is 4.35. The van der Waals surface area contributed by atoms with Gasteiger partial charge >= 0.3 is 12.0 Å². The molecule has 1 heterocycles. The fraction of sp³-hybridized carbons (Fsp3) is 0.700. The van der Waals surface area contributed by atoms with E-state index in [1.54, 1.807) is 20.9 Å². The van der Waals surface area contributed by atoms with E-state index >= 15 is 0 Å². The van der Waals surface area contributed by atoms with Crippen molar-refractivity contribution in [1.29, 1.82) is 0 Å². The number of carbonyl (C=O) groups is 3. The van der Waals surface area contributed by atoms with Crippen molar-refractivity contribution in [1.82, 2.24) is 9.80 Å². The maximum atomic E-state index is 11.8. The molecular weight excluding hydrogens is 212 g/mol. The van der Waals surface area contributed by atoms with Crippen LogP contribution in [0, 0.1) is 0 Å². The fourth-order valence-electron chi connectivity index (χ4n) is 1.57. The Bertz CT molecular complexity index is 338. The Labute approximate surface area is 93.8 Å². The maximum Gasteiger partial charge on any atom is 0.327 e. The minimum absolute atomic E-state index is 0.0405. The Hall–Kier alpha value is -1.59. The van der Waals surface area contributed by atoms with E-state index in [-0.39, 0.29) is 31.3 Å². The number of imide groups is 1. The summed E-state index contributed by atoms with van der Waals surface area (Å²) in [4.78, 5) is 36.3. The summed E-state index contributed by atoms with van der Waals surface area (Å²) in [6.45, 7) is 3.51. The summed E-state index contributed by atoms with van der Waals surface area (Å²) in [5.41, 5.74) is -0.833. The van der Waals surface area contributed by atoms with Gasteiger partial charge in [0, 0.05) is 20.0 Å². The highest BCUT2D eigenvalue weighted by Gasteiger charge is 2.48. The summed E-state index contributed by atoms with van der Waals surface area (Å²) in [6, 6.07) is -0.361. The topological polar surface area (TPSA) is 77.9 Å². The molecule has 1 N–H and O–H groups in total. The Balaban J connectivity index is 2.65. The van der Waals surface area contributed by atoms with Gasteiger partial charge in [-0.25, -0.2) is 4.79 Å². The van der Waals surface area contributed by atoms with E-state index in [0.29, 0.717) is 0 Å². The first kappa shape index (κ1) is 12.5. The van der Waals surface area contributed by atoms with E-state index < -0.39 is 11.5 Å². The number of rotatable bonds is 4. The van der Waals surface area contributed by atoms with Crippen LogP contribution in [0.25, 0.3) is 0 Å². The smallest absolute Gasteiger partial charge is 0.327 e. The summed E-state index contributed by atoms with van der Waals surface area (Å²) in [5, 5.41) is 8.48. The second-order valence-electron chi connectivity index (χ2n) is 4.35. The number of amides is 3. The van der Waals surface area contributed by atoms with Gasteiger partial charge in [-0.15, -0.1) is 0 Å². The predicted molar refractivity (Wildman–Crippen MR) is 55.8 cm³/mol. The van der Waals surface area contributed by atoms with E-state index in [1.165, 1.54) is 4.90 Å². The first-order valence-corrected chi connectivity index (χ1v) is 5.10. The molecule has 0 spiro atoms. The third kappa shape index (κ3) is 2.00. The molecule has 1 fully saturated rings. The number of likely N-dealkylation sites (N-methyl/N-ethyl adjacent to an activating group) is 1. The summed E-state index contributed by atoms with van der Waals surface area (Å²) in [5.74, 6) is -1.20. The molecule has 0 aliphatic carbocycles. The molecule has 1 aliphatic heterocycles. The summed E-state index contributed by atoms with van der Waals surface area (Å²) >= 11 is 0. The normalized spacial score (nSPS) is 19.4. The van der Waals surface area contributed by atoms with Gasteiger partial charge in [0.25, 0.3) is 5.91 Å². The minimum atomic E-state index is -0.924. The van der Waals surface area contributed by atoms with Crippen LogP contribution in [0.5, 0.6) is 0 Å². The van der Waals surface area contributed by atoms with Crippen LogP contribution < -0.4 is 0 Å². The average Bonchev–Trinajstić information content (AvgIpc) is 2.32. The van der Waals surface area contributed by atoms with E-state index in [4.69, 9.17) is 5.11 Å². The first-order valence-electron chi connectivity index (χ1n) is 5.10.